The van der Waals surface area contributed by atoms with Crippen molar-refractivity contribution in [1.29, 1.82) is 0 Å². The molecule has 0 amide bonds. The molecule has 10 aromatic carbocycles. The van der Waals surface area contributed by atoms with Gasteiger partial charge in [-0.25, -0.2) is 0 Å². The summed E-state index contributed by atoms with van der Waals surface area (Å²) in [5, 5.41) is 13.1. The highest BCUT2D eigenvalue weighted by Gasteiger charge is 2.40. The van der Waals surface area contributed by atoms with E-state index in [1.807, 2.05) is 0 Å². The third-order valence-corrected chi connectivity index (χ3v) is 12.0. The first-order valence-corrected chi connectivity index (χ1v) is 18.7. The molecule has 0 heterocycles. The number of fused-ring (bicyclic) bond motifs is 12. The summed E-state index contributed by atoms with van der Waals surface area (Å²) in [6.45, 7) is 4.88. The summed E-state index contributed by atoms with van der Waals surface area (Å²) in [4.78, 5) is 0. The molecule has 11 rings (SSSR count). The third-order valence-electron chi connectivity index (χ3n) is 12.0. The second-order valence-corrected chi connectivity index (χ2v) is 15.1. The average Bonchev–Trinajstić information content (AvgIpc) is 3.46. The van der Waals surface area contributed by atoms with Crippen LogP contribution >= 0.6 is 0 Å². The topological polar surface area (TPSA) is 0 Å². The van der Waals surface area contributed by atoms with Gasteiger partial charge < -0.3 is 0 Å². The average molecular weight is 673 g/mol. The smallest absolute Gasteiger partial charge is 0.0171 e. The van der Waals surface area contributed by atoms with E-state index in [4.69, 9.17) is 0 Å². The summed E-state index contributed by atoms with van der Waals surface area (Å²) in [7, 11) is 0. The normalized spacial score (nSPS) is 13.2. The molecule has 248 valence electrons. The molecule has 1 aliphatic rings. The van der Waals surface area contributed by atoms with E-state index in [0.29, 0.717) is 0 Å². The van der Waals surface area contributed by atoms with Crippen molar-refractivity contribution in [1.82, 2.24) is 0 Å². The van der Waals surface area contributed by atoms with Gasteiger partial charge in [-0.3, -0.25) is 0 Å². The maximum Gasteiger partial charge on any atom is 0.0171 e. The van der Waals surface area contributed by atoms with E-state index in [-0.39, 0.29) is 5.41 Å². The van der Waals surface area contributed by atoms with Gasteiger partial charge in [0.15, 0.2) is 0 Å². The first kappa shape index (κ1) is 30.2. The van der Waals surface area contributed by atoms with Crippen molar-refractivity contribution < 1.29 is 0 Å². The SMILES string of the molecule is CC1(C)c2c(cc(-c3c4ccccc4c(-c4cccc(-c5ccccc5)c4)c4ccccc34)c3ccccc23)-c2c1c1ccccc1c1ccccc21. The molecule has 0 spiro atoms. The van der Waals surface area contributed by atoms with Gasteiger partial charge >= 0.3 is 0 Å². The third kappa shape index (κ3) is 4.24. The lowest BCUT2D eigenvalue weighted by Gasteiger charge is -2.26. The Morgan fingerprint density at radius 1 is 0.264 bits per heavy atom. The molecule has 0 saturated carbocycles. The second-order valence-electron chi connectivity index (χ2n) is 15.1. The number of benzene rings is 10. The van der Waals surface area contributed by atoms with Gasteiger partial charge in [-0.1, -0.05) is 184 Å². The lowest BCUT2D eigenvalue weighted by atomic mass is 9.77. The van der Waals surface area contributed by atoms with Crippen LogP contribution in [-0.2, 0) is 5.41 Å². The van der Waals surface area contributed by atoms with Crippen molar-refractivity contribution in [2.24, 2.45) is 0 Å². The zero-order valence-corrected chi connectivity index (χ0v) is 29.8. The highest BCUT2D eigenvalue weighted by Crippen LogP contribution is 2.58. The van der Waals surface area contributed by atoms with Crippen molar-refractivity contribution >= 4 is 53.9 Å². The van der Waals surface area contributed by atoms with Crippen LogP contribution in [0.25, 0.3) is 98.4 Å². The number of hydrogen-bond donors (Lipinski definition) is 0. The highest BCUT2D eigenvalue weighted by molar-refractivity contribution is 6.26. The van der Waals surface area contributed by atoms with Crippen LogP contribution < -0.4 is 0 Å². The fourth-order valence-electron chi connectivity index (χ4n) is 9.86. The van der Waals surface area contributed by atoms with Gasteiger partial charge in [-0.2, -0.15) is 0 Å². The van der Waals surface area contributed by atoms with Gasteiger partial charge in [-0.05, 0) is 122 Å². The Balaban J connectivity index is 1.27. The number of hydrogen-bond acceptors (Lipinski definition) is 0. The van der Waals surface area contributed by atoms with E-state index >= 15 is 0 Å². The Morgan fingerprint density at radius 3 is 1.28 bits per heavy atom. The standard InChI is InChI=1S/C53H36/c1-53(2)51-44-29-14-8-23-38(44)46(32-47(51)50-39-24-9-6-21-36(39)37-22-7-15-30-45(37)52(50)53)49-42-27-12-10-25-40(42)48(41-26-11-13-28-43(41)49)35-20-16-19-34(31-35)33-17-4-3-5-18-33/h3-32H,1-2H3. The second kappa shape index (κ2) is 11.2. The van der Waals surface area contributed by atoms with Crippen molar-refractivity contribution in [3.05, 3.63) is 193 Å². The Morgan fingerprint density at radius 2 is 0.679 bits per heavy atom. The summed E-state index contributed by atoms with van der Waals surface area (Å²) >= 11 is 0. The van der Waals surface area contributed by atoms with Crippen molar-refractivity contribution in [2.45, 2.75) is 19.3 Å². The van der Waals surface area contributed by atoms with E-state index < -0.39 is 0 Å². The van der Waals surface area contributed by atoms with E-state index in [0.717, 1.165) is 0 Å². The van der Waals surface area contributed by atoms with Crippen LogP contribution in [0.4, 0.5) is 0 Å². The molecule has 0 atom stereocenters. The van der Waals surface area contributed by atoms with Crippen LogP contribution in [0.15, 0.2) is 182 Å². The van der Waals surface area contributed by atoms with Gasteiger partial charge in [0.2, 0.25) is 0 Å². The van der Waals surface area contributed by atoms with Crippen LogP contribution in [-0.4, -0.2) is 0 Å². The minimum atomic E-state index is -0.190. The summed E-state index contributed by atoms with van der Waals surface area (Å²) in [6.07, 6.45) is 0. The molecule has 0 saturated heterocycles. The predicted molar refractivity (Wildman–Crippen MR) is 228 cm³/mol. The van der Waals surface area contributed by atoms with Gasteiger partial charge in [-0.15, -0.1) is 0 Å². The molecule has 0 radical (unpaired) electrons. The predicted octanol–water partition coefficient (Wildman–Crippen LogP) is 14.8. The molecule has 0 bridgehead atoms. The summed E-state index contributed by atoms with van der Waals surface area (Å²) < 4.78 is 0. The van der Waals surface area contributed by atoms with Crippen LogP contribution in [0.5, 0.6) is 0 Å². The van der Waals surface area contributed by atoms with Gasteiger partial charge in [0.1, 0.15) is 0 Å². The van der Waals surface area contributed by atoms with Gasteiger partial charge in [0.25, 0.3) is 0 Å². The zero-order chi connectivity index (χ0) is 35.3. The summed E-state index contributed by atoms with van der Waals surface area (Å²) in [5.41, 5.74) is 13.0. The monoisotopic (exact) mass is 672 g/mol. The first-order chi connectivity index (χ1) is 26.1. The van der Waals surface area contributed by atoms with Crippen LogP contribution in [0.3, 0.4) is 0 Å². The molecule has 0 heteroatoms. The molecular weight excluding hydrogens is 637 g/mol. The molecule has 53 heavy (non-hydrogen) atoms. The van der Waals surface area contributed by atoms with E-state index in [1.165, 1.54) is 109 Å². The van der Waals surface area contributed by atoms with E-state index in [1.54, 1.807) is 0 Å². The molecule has 0 aromatic heterocycles. The molecule has 1 aliphatic carbocycles. The molecule has 0 aliphatic heterocycles. The Kier molecular flexibility index (Phi) is 6.40. The van der Waals surface area contributed by atoms with Crippen LogP contribution in [0.1, 0.15) is 25.0 Å². The van der Waals surface area contributed by atoms with Crippen LogP contribution in [0, 0.1) is 0 Å². The molecule has 10 aromatic rings. The van der Waals surface area contributed by atoms with Crippen molar-refractivity contribution in [3.63, 3.8) is 0 Å². The Bertz CT molecular complexity index is 3070. The molecular formula is C53H36. The fourth-order valence-corrected chi connectivity index (χ4v) is 9.86. The Hall–Kier alpha value is -6.50. The number of rotatable bonds is 3. The lowest BCUT2D eigenvalue weighted by molar-refractivity contribution is 0.672. The maximum atomic E-state index is 2.55. The van der Waals surface area contributed by atoms with E-state index in [2.05, 4.69) is 196 Å². The first-order valence-electron chi connectivity index (χ1n) is 18.7. The van der Waals surface area contributed by atoms with Crippen molar-refractivity contribution in [3.8, 4) is 44.5 Å². The summed E-state index contributed by atoms with van der Waals surface area (Å²) in [5.74, 6) is 0. The molecule has 0 unspecified atom stereocenters. The van der Waals surface area contributed by atoms with Crippen LogP contribution in [0.2, 0.25) is 0 Å². The molecule has 0 fully saturated rings. The van der Waals surface area contributed by atoms with Crippen molar-refractivity contribution in [2.75, 3.05) is 0 Å². The largest absolute Gasteiger partial charge is 0.0622 e. The lowest BCUT2D eigenvalue weighted by Crippen LogP contribution is -2.16. The minimum absolute atomic E-state index is 0.190. The van der Waals surface area contributed by atoms with E-state index in [9.17, 15) is 0 Å². The fraction of sp³-hybridized carbons (Fsp3) is 0.0566. The molecule has 0 N–H and O–H groups in total. The highest BCUT2D eigenvalue weighted by atomic mass is 14.4. The minimum Gasteiger partial charge on any atom is -0.0622 e. The molecule has 0 nitrogen and oxygen atoms in total. The quantitative estimate of drug-likeness (QED) is 0.129. The van der Waals surface area contributed by atoms with Gasteiger partial charge in [0, 0.05) is 5.41 Å². The maximum absolute atomic E-state index is 2.55. The Labute approximate surface area is 309 Å². The summed E-state index contributed by atoms with van der Waals surface area (Å²) in [6, 6.07) is 67.7. The zero-order valence-electron chi connectivity index (χ0n) is 29.8. The van der Waals surface area contributed by atoms with Gasteiger partial charge in [0.05, 0.1) is 0 Å².